The SMILES string of the molecule is CCCc1c(Cc2cccc(-c3ccccc3)c2C#N)c(=O)n(C2CCC(O)(COC)CC2)c2ncnn12. The third-order valence-electron chi connectivity index (χ3n) is 7.69. The van der Waals surface area contributed by atoms with Crippen LogP contribution in [0.4, 0.5) is 0 Å². The predicted molar refractivity (Wildman–Crippen MR) is 145 cm³/mol. The van der Waals surface area contributed by atoms with Gasteiger partial charge in [0.2, 0.25) is 5.78 Å². The Kier molecular flexibility index (Phi) is 7.41. The molecule has 1 aliphatic carbocycles. The summed E-state index contributed by atoms with van der Waals surface area (Å²) in [4.78, 5) is 18.7. The zero-order valence-electron chi connectivity index (χ0n) is 21.9. The van der Waals surface area contributed by atoms with E-state index < -0.39 is 5.60 Å². The Labute approximate surface area is 222 Å². The molecule has 1 saturated carbocycles. The molecule has 38 heavy (non-hydrogen) atoms. The van der Waals surface area contributed by atoms with Crippen molar-refractivity contribution in [2.75, 3.05) is 13.7 Å². The van der Waals surface area contributed by atoms with E-state index in [1.165, 1.54) is 6.33 Å². The fourth-order valence-corrected chi connectivity index (χ4v) is 5.82. The van der Waals surface area contributed by atoms with E-state index in [9.17, 15) is 15.2 Å². The molecule has 8 heteroatoms. The molecule has 0 amide bonds. The maximum atomic E-state index is 14.2. The van der Waals surface area contributed by atoms with Crippen molar-refractivity contribution in [3.05, 3.63) is 87.6 Å². The van der Waals surface area contributed by atoms with Gasteiger partial charge in [-0.3, -0.25) is 9.36 Å². The van der Waals surface area contributed by atoms with E-state index in [0.717, 1.165) is 28.8 Å². The Morgan fingerprint density at radius 1 is 1.16 bits per heavy atom. The lowest BCUT2D eigenvalue weighted by Crippen LogP contribution is -2.41. The summed E-state index contributed by atoms with van der Waals surface area (Å²) in [5, 5.41) is 25.5. The average Bonchev–Trinajstić information content (AvgIpc) is 3.41. The Hall–Kier alpha value is -3.80. The normalized spacial score (nSPS) is 19.5. The van der Waals surface area contributed by atoms with Crippen LogP contribution >= 0.6 is 0 Å². The molecule has 0 saturated heterocycles. The van der Waals surface area contributed by atoms with Crippen LogP contribution in [0.15, 0.2) is 59.7 Å². The molecule has 1 aliphatic rings. The summed E-state index contributed by atoms with van der Waals surface area (Å²) in [5.74, 6) is 0.530. The van der Waals surface area contributed by atoms with Gasteiger partial charge < -0.3 is 9.84 Å². The molecule has 0 unspecified atom stereocenters. The molecule has 0 aliphatic heterocycles. The second kappa shape index (κ2) is 10.9. The lowest BCUT2D eigenvalue weighted by molar-refractivity contribution is -0.0629. The van der Waals surface area contributed by atoms with Gasteiger partial charge in [0.05, 0.1) is 23.5 Å². The molecular weight excluding hydrogens is 478 g/mol. The van der Waals surface area contributed by atoms with Gasteiger partial charge >= 0.3 is 0 Å². The summed E-state index contributed by atoms with van der Waals surface area (Å²) in [6, 6.07) is 18.0. The number of nitriles is 1. The van der Waals surface area contributed by atoms with Gasteiger partial charge in [0.15, 0.2) is 0 Å². The van der Waals surface area contributed by atoms with Crippen molar-refractivity contribution in [2.24, 2.45) is 0 Å². The van der Waals surface area contributed by atoms with Crippen LogP contribution in [0, 0.1) is 11.3 Å². The van der Waals surface area contributed by atoms with Gasteiger partial charge in [-0.25, -0.2) is 4.52 Å². The molecular formula is C30H33N5O3. The fourth-order valence-electron chi connectivity index (χ4n) is 5.82. The first-order valence-electron chi connectivity index (χ1n) is 13.2. The molecule has 2 heterocycles. The van der Waals surface area contributed by atoms with Crippen molar-refractivity contribution < 1.29 is 9.84 Å². The highest BCUT2D eigenvalue weighted by Crippen LogP contribution is 2.35. The summed E-state index contributed by atoms with van der Waals surface area (Å²) < 4.78 is 8.79. The monoisotopic (exact) mass is 511 g/mol. The second-order valence-electron chi connectivity index (χ2n) is 10.2. The highest BCUT2D eigenvalue weighted by Gasteiger charge is 2.35. The van der Waals surface area contributed by atoms with Crippen LogP contribution in [-0.2, 0) is 17.6 Å². The van der Waals surface area contributed by atoms with E-state index >= 15 is 0 Å². The quantitative estimate of drug-likeness (QED) is 0.374. The fraction of sp³-hybridized carbons (Fsp3) is 0.400. The summed E-state index contributed by atoms with van der Waals surface area (Å²) in [7, 11) is 1.59. The number of rotatable bonds is 8. The molecule has 0 radical (unpaired) electrons. The smallest absolute Gasteiger partial charge is 0.259 e. The lowest BCUT2D eigenvalue weighted by Gasteiger charge is -2.36. The second-order valence-corrected chi connectivity index (χ2v) is 10.2. The number of benzene rings is 2. The van der Waals surface area contributed by atoms with Crippen molar-refractivity contribution in [2.45, 2.75) is 63.5 Å². The van der Waals surface area contributed by atoms with E-state index in [1.54, 1.807) is 16.2 Å². The van der Waals surface area contributed by atoms with E-state index in [-0.39, 0.29) is 18.2 Å². The van der Waals surface area contributed by atoms with Crippen molar-refractivity contribution in [1.82, 2.24) is 19.2 Å². The number of aliphatic hydroxyl groups is 1. The zero-order valence-corrected chi connectivity index (χ0v) is 21.9. The number of hydrogen-bond acceptors (Lipinski definition) is 6. The van der Waals surface area contributed by atoms with Gasteiger partial charge in [-0.2, -0.15) is 15.3 Å². The molecule has 0 atom stereocenters. The van der Waals surface area contributed by atoms with Gasteiger partial charge in [0, 0.05) is 25.1 Å². The molecule has 196 valence electrons. The number of hydrogen-bond donors (Lipinski definition) is 1. The Morgan fingerprint density at radius 2 is 1.92 bits per heavy atom. The maximum absolute atomic E-state index is 14.2. The van der Waals surface area contributed by atoms with Crippen LogP contribution in [0.5, 0.6) is 0 Å². The minimum Gasteiger partial charge on any atom is -0.387 e. The summed E-state index contributed by atoms with van der Waals surface area (Å²) in [6.45, 7) is 2.36. The standard InChI is InChI=1S/C30H33N5O3/c1-3-8-27-25(17-22-11-7-12-24(26(22)18-31)21-9-5-4-6-10-21)28(36)34(29-32-20-33-35(27)29)23-13-15-30(37,16-14-23)19-38-2/h4-7,9-12,20,23,37H,3,8,13-17,19H2,1-2H3. The largest absolute Gasteiger partial charge is 0.387 e. The zero-order chi connectivity index (χ0) is 26.7. The molecule has 2 aromatic heterocycles. The molecule has 2 aromatic carbocycles. The third kappa shape index (κ3) is 4.75. The summed E-state index contributed by atoms with van der Waals surface area (Å²) in [5.41, 5.74) is 3.73. The van der Waals surface area contributed by atoms with Crippen LogP contribution in [0.1, 0.15) is 67.5 Å². The van der Waals surface area contributed by atoms with E-state index in [0.29, 0.717) is 55.4 Å². The first-order valence-corrected chi connectivity index (χ1v) is 13.2. The first kappa shape index (κ1) is 25.8. The number of aromatic nitrogens is 4. The van der Waals surface area contributed by atoms with Gasteiger partial charge in [-0.15, -0.1) is 0 Å². The molecule has 1 fully saturated rings. The van der Waals surface area contributed by atoms with Crippen LogP contribution in [0.3, 0.4) is 0 Å². The van der Waals surface area contributed by atoms with Crippen LogP contribution in [-0.4, -0.2) is 43.6 Å². The van der Waals surface area contributed by atoms with E-state index in [4.69, 9.17) is 4.74 Å². The van der Waals surface area contributed by atoms with Gasteiger partial charge in [-0.1, -0.05) is 61.9 Å². The summed E-state index contributed by atoms with van der Waals surface area (Å²) >= 11 is 0. The highest BCUT2D eigenvalue weighted by molar-refractivity contribution is 5.72. The Balaban J connectivity index is 1.62. The Morgan fingerprint density at radius 3 is 2.61 bits per heavy atom. The van der Waals surface area contributed by atoms with E-state index in [1.807, 2.05) is 48.5 Å². The van der Waals surface area contributed by atoms with Crippen LogP contribution in [0.25, 0.3) is 16.9 Å². The van der Waals surface area contributed by atoms with Crippen LogP contribution in [0.2, 0.25) is 0 Å². The molecule has 5 rings (SSSR count). The van der Waals surface area contributed by atoms with E-state index in [2.05, 4.69) is 23.1 Å². The number of fused-ring (bicyclic) bond motifs is 1. The predicted octanol–water partition coefficient (Wildman–Crippen LogP) is 4.47. The van der Waals surface area contributed by atoms with Gasteiger partial charge in [0.25, 0.3) is 5.56 Å². The number of nitrogens with zero attached hydrogens (tertiary/aromatic N) is 5. The van der Waals surface area contributed by atoms with Gasteiger partial charge in [-0.05, 0) is 48.8 Å². The number of aryl methyl sites for hydroxylation is 1. The van der Waals surface area contributed by atoms with Crippen molar-refractivity contribution in [3.63, 3.8) is 0 Å². The summed E-state index contributed by atoms with van der Waals surface area (Å²) in [6.07, 6.45) is 5.70. The highest BCUT2D eigenvalue weighted by atomic mass is 16.5. The number of ether oxygens (including phenoxy) is 1. The van der Waals surface area contributed by atoms with Gasteiger partial charge in [0.1, 0.15) is 12.4 Å². The molecule has 0 bridgehead atoms. The molecule has 8 nitrogen and oxygen atoms in total. The lowest BCUT2D eigenvalue weighted by atomic mass is 9.82. The Bertz CT molecular complexity index is 1530. The van der Waals surface area contributed by atoms with Crippen molar-refractivity contribution in [3.8, 4) is 17.2 Å². The van der Waals surface area contributed by atoms with Crippen LogP contribution < -0.4 is 5.56 Å². The number of methoxy groups -OCH3 is 1. The average molecular weight is 512 g/mol. The molecule has 1 N–H and O–H groups in total. The third-order valence-corrected chi connectivity index (χ3v) is 7.69. The maximum Gasteiger partial charge on any atom is 0.259 e. The van der Waals surface area contributed by atoms with Crippen molar-refractivity contribution >= 4 is 5.78 Å². The topological polar surface area (TPSA) is 105 Å². The first-order chi connectivity index (χ1) is 18.5. The van der Waals surface area contributed by atoms with Crippen molar-refractivity contribution in [1.29, 1.82) is 5.26 Å². The minimum absolute atomic E-state index is 0.0925. The molecule has 0 spiro atoms. The minimum atomic E-state index is -0.872. The molecule has 4 aromatic rings.